The van der Waals surface area contributed by atoms with Crippen molar-refractivity contribution in [3.8, 4) is 0 Å². The van der Waals surface area contributed by atoms with Crippen molar-refractivity contribution in [3.05, 3.63) is 101 Å². The summed E-state index contributed by atoms with van der Waals surface area (Å²) < 4.78 is 0. The zero-order chi connectivity index (χ0) is 18.6. The van der Waals surface area contributed by atoms with Gasteiger partial charge in [-0.1, -0.05) is 72.3 Å². The Morgan fingerprint density at radius 2 is 1.63 bits per heavy atom. The average Bonchev–Trinajstić information content (AvgIpc) is 2.68. The van der Waals surface area contributed by atoms with Gasteiger partial charge in [0.15, 0.2) is 0 Å². The first-order valence-corrected chi connectivity index (χ1v) is 9.85. The molecule has 0 saturated heterocycles. The molecule has 0 N–H and O–H groups in total. The van der Waals surface area contributed by atoms with Crippen LogP contribution in [0.3, 0.4) is 0 Å². The third kappa shape index (κ3) is 4.18. The summed E-state index contributed by atoms with van der Waals surface area (Å²) in [6.07, 6.45) is 0. The van der Waals surface area contributed by atoms with Gasteiger partial charge in [-0.25, -0.2) is 0 Å². The van der Waals surface area contributed by atoms with Crippen LogP contribution in [0.25, 0.3) is 0 Å². The van der Waals surface area contributed by atoms with Crippen molar-refractivity contribution in [2.45, 2.75) is 11.9 Å². The SMILES string of the molecule is Clc1ccc2c(c1)/C(c1ccccc1)=N\CC(Cl)CN2Cc1ccccc1. The van der Waals surface area contributed by atoms with Crippen LogP contribution in [0.5, 0.6) is 0 Å². The summed E-state index contributed by atoms with van der Waals surface area (Å²) in [5.41, 5.74) is 5.42. The monoisotopic (exact) mass is 394 g/mol. The van der Waals surface area contributed by atoms with Gasteiger partial charge in [-0.3, -0.25) is 4.99 Å². The Morgan fingerprint density at radius 1 is 0.926 bits per heavy atom. The molecule has 1 atom stereocenters. The molecule has 0 spiro atoms. The van der Waals surface area contributed by atoms with Crippen molar-refractivity contribution in [2.75, 3.05) is 18.0 Å². The van der Waals surface area contributed by atoms with Crippen LogP contribution in [0.15, 0.2) is 83.9 Å². The highest BCUT2D eigenvalue weighted by Gasteiger charge is 2.22. The maximum absolute atomic E-state index is 6.63. The van der Waals surface area contributed by atoms with Crippen LogP contribution in [-0.4, -0.2) is 24.2 Å². The highest BCUT2D eigenvalue weighted by atomic mass is 35.5. The molecule has 0 saturated carbocycles. The Bertz CT molecular complexity index is 939. The van der Waals surface area contributed by atoms with Crippen LogP contribution < -0.4 is 4.90 Å². The molecule has 1 aliphatic heterocycles. The van der Waals surface area contributed by atoms with E-state index in [9.17, 15) is 0 Å². The van der Waals surface area contributed by atoms with Crippen LogP contribution in [0.2, 0.25) is 5.02 Å². The third-order valence-electron chi connectivity index (χ3n) is 4.68. The molecule has 1 aliphatic rings. The molecule has 0 aromatic heterocycles. The molecular formula is C23H20Cl2N2. The van der Waals surface area contributed by atoms with Crippen LogP contribution >= 0.6 is 23.2 Å². The molecule has 2 nitrogen and oxygen atoms in total. The van der Waals surface area contributed by atoms with Gasteiger partial charge in [-0.2, -0.15) is 0 Å². The summed E-state index contributed by atoms with van der Waals surface area (Å²) >= 11 is 13.0. The predicted molar refractivity (Wildman–Crippen MR) is 116 cm³/mol. The fraction of sp³-hybridized carbons (Fsp3) is 0.174. The molecule has 27 heavy (non-hydrogen) atoms. The maximum Gasteiger partial charge on any atom is 0.0740 e. The molecule has 0 amide bonds. The van der Waals surface area contributed by atoms with E-state index in [1.807, 2.05) is 36.4 Å². The number of nitrogens with zero attached hydrogens (tertiary/aromatic N) is 2. The molecule has 3 aromatic carbocycles. The number of fused-ring (bicyclic) bond motifs is 1. The number of hydrogen-bond donors (Lipinski definition) is 0. The fourth-order valence-electron chi connectivity index (χ4n) is 3.44. The maximum atomic E-state index is 6.63. The number of alkyl halides is 1. The zero-order valence-electron chi connectivity index (χ0n) is 14.9. The van der Waals surface area contributed by atoms with Gasteiger partial charge in [0.2, 0.25) is 0 Å². The molecule has 0 aliphatic carbocycles. The lowest BCUT2D eigenvalue weighted by Crippen LogP contribution is -2.34. The third-order valence-corrected chi connectivity index (χ3v) is 5.20. The summed E-state index contributed by atoms with van der Waals surface area (Å²) in [6, 6.07) is 26.7. The van der Waals surface area contributed by atoms with Crippen LogP contribution in [-0.2, 0) is 6.54 Å². The highest BCUT2D eigenvalue weighted by molar-refractivity contribution is 6.31. The summed E-state index contributed by atoms with van der Waals surface area (Å²) in [4.78, 5) is 7.19. The van der Waals surface area contributed by atoms with Gasteiger partial charge in [0.05, 0.1) is 17.6 Å². The Kier molecular flexibility index (Phi) is 5.47. The van der Waals surface area contributed by atoms with E-state index < -0.39 is 0 Å². The van der Waals surface area contributed by atoms with E-state index in [4.69, 9.17) is 28.2 Å². The average molecular weight is 395 g/mol. The lowest BCUT2D eigenvalue weighted by atomic mass is 9.98. The smallest absolute Gasteiger partial charge is 0.0740 e. The quantitative estimate of drug-likeness (QED) is 0.512. The molecular weight excluding hydrogens is 375 g/mol. The summed E-state index contributed by atoms with van der Waals surface area (Å²) in [5.74, 6) is 0. The van der Waals surface area contributed by atoms with Crippen molar-refractivity contribution >= 4 is 34.6 Å². The number of anilines is 1. The van der Waals surface area contributed by atoms with Crippen molar-refractivity contribution in [1.29, 1.82) is 0 Å². The summed E-state index contributed by atoms with van der Waals surface area (Å²) in [7, 11) is 0. The van der Waals surface area contributed by atoms with Crippen molar-refractivity contribution in [3.63, 3.8) is 0 Å². The fourth-order valence-corrected chi connectivity index (χ4v) is 3.85. The molecule has 1 heterocycles. The standard InChI is InChI=1S/C23H20Cl2N2/c24-19-11-12-22-21(13-19)23(18-9-5-2-6-10-18)26-14-20(25)16-27(22)15-17-7-3-1-4-8-17/h1-13,20H,14-16H2/b26-23-. The Morgan fingerprint density at radius 3 is 2.37 bits per heavy atom. The molecule has 0 bridgehead atoms. The second kappa shape index (κ2) is 8.16. The summed E-state index contributed by atoms with van der Waals surface area (Å²) in [6.45, 7) is 2.10. The van der Waals surface area contributed by atoms with E-state index in [2.05, 4.69) is 47.4 Å². The van der Waals surface area contributed by atoms with Gasteiger partial charge >= 0.3 is 0 Å². The van der Waals surface area contributed by atoms with E-state index in [-0.39, 0.29) is 5.38 Å². The van der Waals surface area contributed by atoms with Crippen molar-refractivity contribution in [2.24, 2.45) is 4.99 Å². The van der Waals surface area contributed by atoms with Crippen molar-refractivity contribution < 1.29 is 0 Å². The number of rotatable bonds is 3. The van der Waals surface area contributed by atoms with Crippen LogP contribution in [0.4, 0.5) is 5.69 Å². The van der Waals surface area contributed by atoms with Gasteiger partial charge in [0.1, 0.15) is 0 Å². The minimum atomic E-state index is -0.0590. The first-order valence-electron chi connectivity index (χ1n) is 9.03. The first-order chi connectivity index (χ1) is 13.2. The Hall–Kier alpha value is -2.29. The van der Waals surface area contributed by atoms with E-state index in [1.54, 1.807) is 0 Å². The van der Waals surface area contributed by atoms with E-state index >= 15 is 0 Å². The molecule has 4 heteroatoms. The molecule has 4 rings (SSSR count). The normalized spacial score (nSPS) is 18.8. The summed E-state index contributed by atoms with van der Waals surface area (Å²) in [5, 5.41) is 0.649. The lowest BCUT2D eigenvalue weighted by molar-refractivity contribution is 0.737. The number of halogens is 2. The number of benzene rings is 3. The molecule has 136 valence electrons. The minimum Gasteiger partial charge on any atom is -0.365 e. The first kappa shape index (κ1) is 18.1. The second-order valence-electron chi connectivity index (χ2n) is 6.68. The topological polar surface area (TPSA) is 15.6 Å². The number of hydrogen-bond acceptors (Lipinski definition) is 2. The van der Waals surface area contributed by atoms with E-state index in [0.717, 1.165) is 35.6 Å². The largest absolute Gasteiger partial charge is 0.365 e. The molecule has 1 unspecified atom stereocenters. The zero-order valence-corrected chi connectivity index (χ0v) is 16.4. The lowest BCUT2D eigenvalue weighted by Gasteiger charge is -2.31. The van der Waals surface area contributed by atoms with E-state index in [1.165, 1.54) is 5.56 Å². The minimum absolute atomic E-state index is 0.0590. The Balaban J connectivity index is 1.82. The van der Waals surface area contributed by atoms with Gasteiger partial charge in [-0.05, 0) is 23.8 Å². The van der Waals surface area contributed by atoms with Crippen LogP contribution in [0.1, 0.15) is 16.7 Å². The van der Waals surface area contributed by atoms with Crippen molar-refractivity contribution in [1.82, 2.24) is 0 Å². The molecule has 0 radical (unpaired) electrons. The molecule has 3 aromatic rings. The predicted octanol–water partition coefficient (Wildman–Crippen LogP) is 5.81. The van der Waals surface area contributed by atoms with Gasteiger partial charge in [0.25, 0.3) is 0 Å². The second-order valence-corrected chi connectivity index (χ2v) is 7.73. The van der Waals surface area contributed by atoms with Gasteiger partial charge in [0, 0.05) is 34.9 Å². The van der Waals surface area contributed by atoms with E-state index in [0.29, 0.717) is 11.6 Å². The molecule has 0 fully saturated rings. The van der Waals surface area contributed by atoms with Crippen LogP contribution in [0, 0.1) is 0 Å². The Labute approximate surface area is 170 Å². The number of aliphatic imine (C=N–C) groups is 1. The highest BCUT2D eigenvalue weighted by Crippen LogP contribution is 2.30. The van der Waals surface area contributed by atoms with Gasteiger partial charge in [-0.15, -0.1) is 11.6 Å². The van der Waals surface area contributed by atoms with Gasteiger partial charge < -0.3 is 4.90 Å².